The van der Waals surface area contributed by atoms with Crippen LogP contribution in [-0.2, 0) is 4.79 Å². The van der Waals surface area contributed by atoms with E-state index < -0.39 is 0 Å². The van der Waals surface area contributed by atoms with Crippen LogP contribution in [0.15, 0.2) is 30.3 Å². The molecule has 0 radical (unpaired) electrons. The van der Waals surface area contributed by atoms with Crippen molar-refractivity contribution in [1.82, 2.24) is 10.9 Å². The van der Waals surface area contributed by atoms with Crippen LogP contribution < -0.4 is 15.6 Å². The second-order valence-electron chi connectivity index (χ2n) is 4.54. The molecule has 0 saturated carbocycles. The minimum Gasteiger partial charge on any atom is -0.497 e. The normalized spacial score (nSPS) is 24.0. The third kappa shape index (κ3) is 3.11. The zero-order valence-corrected chi connectivity index (χ0v) is 10.6. The zero-order valence-electron chi connectivity index (χ0n) is 10.6. The minimum atomic E-state index is 0.0496. The fourth-order valence-electron chi connectivity index (χ4n) is 1.97. The number of carbonyl (C=O) groups excluding carboxylic acids is 1. The maximum atomic E-state index is 11.2. The van der Waals surface area contributed by atoms with Gasteiger partial charge in [0.1, 0.15) is 5.75 Å². The fourth-order valence-corrected chi connectivity index (χ4v) is 1.97. The Morgan fingerprint density at radius 2 is 2.28 bits per heavy atom. The molecule has 96 valence electrons. The Balaban J connectivity index is 2.03. The first kappa shape index (κ1) is 12.6. The highest BCUT2D eigenvalue weighted by Crippen LogP contribution is 2.17. The SMILES string of the molecule is COc1cccc(/C=C/C2NNC(=O)CC2C)c1. The van der Waals surface area contributed by atoms with Gasteiger partial charge < -0.3 is 4.74 Å². The Morgan fingerprint density at radius 3 is 3.00 bits per heavy atom. The molecular formula is C14H18N2O2. The molecule has 2 atom stereocenters. The number of rotatable bonds is 3. The van der Waals surface area contributed by atoms with Crippen LogP contribution in [0.5, 0.6) is 5.75 Å². The largest absolute Gasteiger partial charge is 0.497 e. The summed E-state index contributed by atoms with van der Waals surface area (Å²) in [5.41, 5.74) is 6.74. The molecule has 1 fully saturated rings. The number of amides is 1. The summed E-state index contributed by atoms with van der Waals surface area (Å²) in [5.74, 6) is 1.18. The number of methoxy groups -OCH3 is 1. The van der Waals surface area contributed by atoms with Crippen LogP contribution in [0.2, 0.25) is 0 Å². The fraction of sp³-hybridized carbons (Fsp3) is 0.357. The van der Waals surface area contributed by atoms with Crippen molar-refractivity contribution in [2.24, 2.45) is 5.92 Å². The maximum absolute atomic E-state index is 11.2. The van der Waals surface area contributed by atoms with Crippen LogP contribution in [0.25, 0.3) is 6.08 Å². The Kier molecular flexibility index (Phi) is 3.99. The Bertz CT molecular complexity index is 457. The van der Waals surface area contributed by atoms with Crippen molar-refractivity contribution in [2.45, 2.75) is 19.4 Å². The molecular weight excluding hydrogens is 228 g/mol. The van der Waals surface area contributed by atoms with E-state index in [1.807, 2.05) is 30.3 Å². The van der Waals surface area contributed by atoms with Gasteiger partial charge in [-0.3, -0.25) is 10.2 Å². The Labute approximate surface area is 107 Å². The van der Waals surface area contributed by atoms with Crippen LogP contribution in [0.4, 0.5) is 0 Å². The summed E-state index contributed by atoms with van der Waals surface area (Å²) in [5, 5.41) is 0. The highest BCUT2D eigenvalue weighted by Gasteiger charge is 2.22. The van der Waals surface area contributed by atoms with E-state index in [1.165, 1.54) is 0 Å². The minimum absolute atomic E-state index is 0.0496. The summed E-state index contributed by atoms with van der Waals surface area (Å²) in [6.45, 7) is 2.06. The van der Waals surface area contributed by atoms with E-state index in [4.69, 9.17) is 4.74 Å². The smallest absolute Gasteiger partial charge is 0.234 e. The summed E-state index contributed by atoms with van der Waals surface area (Å²) in [6.07, 6.45) is 4.66. The lowest BCUT2D eigenvalue weighted by atomic mass is 9.96. The molecule has 0 bridgehead atoms. The van der Waals surface area contributed by atoms with Crippen LogP contribution in [-0.4, -0.2) is 19.1 Å². The lowest BCUT2D eigenvalue weighted by Crippen LogP contribution is -2.52. The predicted molar refractivity (Wildman–Crippen MR) is 70.9 cm³/mol. The first-order valence-electron chi connectivity index (χ1n) is 6.05. The van der Waals surface area contributed by atoms with Gasteiger partial charge in [-0.15, -0.1) is 0 Å². The number of benzene rings is 1. The molecule has 1 aliphatic heterocycles. The van der Waals surface area contributed by atoms with Gasteiger partial charge in [-0.2, -0.15) is 0 Å². The lowest BCUT2D eigenvalue weighted by molar-refractivity contribution is -0.125. The van der Waals surface area contributed by atoms with Crippen LogP contribution in [0, 0.1) is 5.92 Å². The molecule has 4 nitrogen and oxygen atoms in total. The molecule has 1 aromatic rings. The van der Waals surface area contributed by atoms with E-state index in [1.54, 1.807) is 7.11 Å². The highest BCUT2D eigenvalue weighted by atomic mass is 16.5. The quantitative estimate of drug-likeness (QED) is 0.854. The Hall–Kier alpha value is -1.81. The molecule has 2 unspecified atom stereocenters. The maximum Gasteiger partial charge on any atom is 0.234 e. The molecule has 1 aliphatic rings. The van der Waals surface area contributed by atoms with E-state index in [9.17, 15) is 4.79 Å². The number of ether oxygens (including phenoxy) is 1. The van der Waals surface area contributed by atoms with E-state index >= 15 is 0 Å². The lowest BCUT2D eigenvalue weighted by Gasteiger charge is -2.27. The van der Waals surface area contributed by atoms with E-state index in [2.05, 4.69) is 23.9 Å². The molecule has 2 N–H and O–H groups in total. The van der Waals surface area contributed by atoms with Crippen molar-refractivity contribution in [2.75, 3.05) is 7.11 Å². The van der Waals surface area contributed by atoms with Crippen molar-refractivity contribution < 1.29 is 9.53 Å². The molecule has 1 saturated heterocycles. The Morgan fingerprint density at radius 1 is 1.44 bits per heavy atom. The molecule has 0 aromatic heterocycles. The van der Waals surface area contributed by atoms with Crippen LogP contribution in [0.3, 0.4) is 0 Å². The topological polar surface area (TPSA) is 50.4 Å². The number of hydrogen-bond acceptors (Lipinski definition) is 3. The van der Waals surface area contributed by atoms with Gasteiger partial charge in [0.25, 0.3) is 0 Å². The summed E-state index contributed by atoms with van der Waals surface area (Å²) >= 11 is 0. The van der Waals surface area contributed by atoms with Gasteiger partial charge in [0.15, 0.2) is 0 Å². The van der Waals surface area contributed by atoms with Gasteiger partial charge in [-0.25, -0.2) is 5.43 Å². The molecule has 0 spiro atoms. The predicted octanol–water partition coefficient (Wildman–Crippen LogP) is 1.74. The number of hydrogen-bond donors (Lipinski definition) is 2. The number of nitrogens with one attached hydrogen (secondary N) is 2. The zero-order chi connectivity index (χ0) is 13.0. The third-order valence-electron chi connectivity index (χ3n) is 3.09. The summed E-state index contributed by atoms with van der Waals surface area (Å²) < 4.78 is 5.18. The molecule has 18 heavy (non-hydrogen) atoms. The number of carbonyl (C=O) groups is 1. The molecule has 1 amide bonds. The van der Waals surface area contributed by atoms with Gasteiger partial charge in [-0.05, 0) is 23.6 Å². The van der Waals surface area contributed by atoms with Crippen LogP contribution in [0.1, 0.15) is 18.9 Å². The van der Waals surface area contributed by atoms with E-state index in [0.717, 1.165) is 11.3 Å². The van der Waals surface area contributed by atoms with Gasteiger partial charge in [0, 0.05) is 12.5 Å². The standard InChI is InChI=1S/C14H18N2O2/c1-10-8-14(17)16-15-13(10)7-6-11-4-3-5-12(9-11)18-2/h3-7,9-10,13,15H,8H2,1-2H3,(H,16,17)/b7-6+. The van der Waals surface area contributed by atoms with Crippen molar-refractivity contribution in [3.05, 3.63) is 35.9 Å². The van der Waals surface area contributed by atoms with Gasteiger partial charge in [-0.1, -0.05) is 31.2 Å². The van der Waals surface area contributed by atoms with Gasteiger partial charge >= 0.3 is 0 Å². The summed E-state index contributed by atoms with van der Waals surface area (Å²) in [7, 11) is 1.66. The molecule has 2 rings (SSSR count). The third-order valence-corrected chi connectivity index (χ3v) is 3.09. The molecule has 0 aliphatic carbocycles. The van der Waals surface area contributed by atoms with E-state index in [0.29, 0.717) is 12.3 Å². The van der Waals surface area contributed by atoms with Crippen molar-refractivity contribution >= 4 is 12.0 Å². The first-order chi connectivity index (χ1) is 8.69. The summed E-state index contributed by atoms with van der Waals surface area (Å²) in [4.78, 5) is 11.2. The summed E-state index contributed by atoms with van der Waals surface area (Å²) in [6, 6.07) is 8.03. The average Bonchev–Trinajstić information content (AvgIpc) is 2.38. The monoisotopic (exact) mass is 246 g/mol. The second-order valence-corrected chi connectivity index (χ2v) is 4.54. The van der Waals surface area contributed by atoms with Gasteiger partial charge in [0.2, 0.25) is 5.91 Å². The molecule has 4 heteroatoms. The van der Waals surface area contributed by atoms with Crippen molar-refractivity contribution in [3.63, 3.8) is 0 Å². The first-order valence-corrected chi connectivity index (χ1v) is 6.05. The average molecular weight is 246 g/mol. The van der Waals surface area contributed by atoms with Crippen molar-refractivity contribution in [1.29, 1.82) is 0 Å². The number of hydrazine groups is 1. The molecule has 1 aromatic carbocycles. The van der Waals surface area contributed by atoms with Gasteiger partial charge in [0.05, 0.1) is 7.11 Å². The molecule has 1 heterocycles. The van der Waals surface area contributed by atoms with E-state index in [-0.39, 0.29) is 11.9 Å². The van der Waals surface area contributed by atoms with Crippen molar-refractivity contribution in [3.8, 4) is 5.75 Å². The van der Waals surface area contributed by atoms with Crippen LogP contribution >= 0.6 is 0 Å². The highest BCUT2D eigenvalue weighted by molar-refractivity contribution is 5.76. The second kappa shape index (κ2) is 5.69.